The highest BCUT2D eigenvalue weighted by molar-refractivity contribution is 7.99. The molecule has 0 bridgehead atoms. The monoisotopic (exact) mass is 441 g/mol. The van der Waals surface area contributed by atoms with Crippen molar-refractivity contribution in [3.63, 3.8) is 0 Å². The number of aryl methyl sites for hydroxylation is 1. The molecule has 0 spiro atoms. The fourth-order valence-corrected chi connectivity index (χ4v) is 3.97. The van der Waals surface area contributed by atoms with Crippen LogP contribution in [0.15, 0.2) is 46.7 Å². The molecule has 0 atom stereocenters. The Hall–Kier alpha value is -2.45. The predicted octanol–water partition coefficient (Wildman–Crippen LogP) is 3.81. The van der Waals surface area contributed by atoms with Gasteiger partial charge in [0.05, 0.1) is 24.7 Å². The van der Waals surface area contributed by atoms with Gasteiger partial charge in [-0.2, -0.15) is 5.10 Å². The molecule has 3 rings (SSSR count). The first-order valence-electron chi connectivity index (χ1n) is 10.9. The standard InChI is InChI=1S/C23H31N5O2S/c1-3-4-6-11-20(19-9-7-5-8-10-19)26-27-22(29)17-31-23-24-18(2)16-21(25-23)28-12-14-30-15-13-28/h5,7-10,16H,3-4,6,11-15,17H2,1-2H3,(H,27,29)/b26-20-. The van der Waals surface area contributed by atoms with E-state index in [1.54, 1.807) is 0 Å². The van der Waals surface area contributed by atoms with Crippen molar-refractivity contribution in [3.05, 3.63) is 47.7 Å². The molecule has 1 aromatic carbocycles. The summed E-state index contributed by atoms with van der Waals surface area (Å²) in [6.45, 7) is 7.16. The Morgan fingerprint density at radius 3 is 2.71 bits per heavy atom. The van der Waals surface area contributed by atoms with Crippen molar-refractivity contribution < 1.29 is 9.53 Å². The normalized spacial score (nSPS) is 14.5. The third kappa shape index (κ3) is 7.63. The van der Waals surface area contributed by atoms with Crippen molar-refractivity contribution in [1.82, 2.24) is 15.4 Å². The Balaban J connectivity index is 1.58. The maximum atomic E-state index is 12.4. The second-order valence-electron chi connectivity index (χ2n) is 7.45. The number of morpholine rings is 1. The molecule has 0 radical (unpaired) electrons. The molecule has 0 aliphatic carbocycles. The van der Waals surface area contributed by atoms with Gasteiger partial charge in [0.1, 0.15) is 5.82 Å². The summed E-state index contributed by atoms with van der Waals surface area (Å²) in [5, 5.41) is 5.03. The quantitative estimate of drug-likeness (QED) is 0.199. The van der Waals surface area contributed by atoms with Gasteiger partial charge in [0.25, 0.3) is 5.91 Å². The number of carbonyl (C=O) groups is 1. The van der Waals surface area contributed by atoms with E-state index in [1.807, 2.05) is 43.3 Å². The van der Waals surface area contributed by atoms with Gasteiger partial charge in [0.2, 0.25) is 0 Å². The van der Waals surface area contributed by atoms with Gasteiger partial charge < -0.3 is 9.64 Å². The summed E-state index contributed by atoms with van der Waals surface area (Å²) in [6.07, 6.45) is 4.19. The highest BCUT2D eigenvalue weighted by Crippen LogP contribution is 2.20. The summed E-state index contributed by atoms with van der Waals surface area (Å²) >= 11 is 1.33. The van der Waals surface area contributed by atoms with Crippen LogP contribution in [0, 0.1) is 6.92 Å². The van der Waals surface area contributed by atoms with Gasteiger partial charge >= 0.3 is 0 Å². The van der Waals surface area contributed by atoms with Gasteiger partial charge in [-0.25, -0.2) is 15.4 Å². The van der Waals surface area contributed by atoms with Crippen LogP contribution in [0.2, 0.25) is 0 Å². The van der Waals surface area contributed by atoms with Crippen molar-refractivity contribution in [2.75, 3.05) is 37.0 Å². The van der Waals surface area contributed by atoms with Crippen molar-refractivity contribution in [2.24, 2.45) is 5.10 Å². The second-order valence-corrected chi connectivity index (χ2v) is 8.40. The topological polar surface area (TPSA) is 79.7 Å². The van der Waals surface area contributed by atoms with E-state index in [0.717, 1.165) is 61.6 Å². The van der Waals surface area contributed by atoms with Crippen molar-refractivity contribution >= 4 is 29.2 Å². The Morgan fingerprint density at radius 2 is 1.97 bits per heavy atom. The van der Waals surface area contributed by atoms with E-state index in [2.05, 4.69) is 32.3 Å². The minimum absolute atomic E-state index is 0.160. The molecule has 31 heavy (non-hydrogen) atoms. The molecule has 166 valence electrons. The number of benzene rings is 1. The number of amides is 1. The highest BCUT2D eigenvalue weighted by Gasteiger charge is 2.15. The second kappa shape index (κ2) is 12.4. The SMILES string of the molecule is CCCCC/C(=N/NC(=O)CSc1nc(C)cc(N2CCOCC2)n1)c1ccccc1. The minimum Gasteiger partial charge on any atom is -0.378 e. The number of thioether (sulfide) groups is 1. The summed E-state index contributed by atoms with van der Waals surface area (Å²) in [7, 11) is 0. The molecule has 2 aromatic rings. The Kier molecular flexibility index (Phi) is 9.30. The van der Waals surface area contributed by atoms with Gasteiger partial charge in [-0.15, -0.1) is 0 Å². The molecule has 1 aliphatic heterocycles. The molecule has 1 N–H and O–H groups in total. The lowest BCUT2D eigenvalue weighted by Gasteiger charge is -2.28. The van der Waals surface area contributed by atoms with E-state index in [9.17, 15) is 4.79 Å². The van der Waals surface area contributed by atoms with Crippen LogP contribution >= 0.6 is 11.8 Å². The highest BCUT2D eigenvalue weighted by atomic mass is 32.2. The molecule has 0 saturated carbocycles. The summed E-state index contributed by atoms with van der Waals surface area (Å²) < 4.78 is 5.41. The Labute approximate surface area is 188 Å². The van der Waals surface area contributed by atoms with Gasteiger partial charge in [-0.05, 0) is 25.3 Å². The number of anilines is 1. The smallest absolute Gasteiger partial charge is 0.250 e. The third-order valence-corrected chi connectivity index (χ3v) is 5.77. The van der Waals surface area contributed by atoms with Gasteiger partial charge in [-0.1, -0.05) is 61.9 Å². The number of nitrogens with zero attached hydrogens (tertiary/aromatic N) is 4. The number of hydrazone groups is 1. The van der Waals surface area contributed by atoms with Gasteiger partial charge in [-0.3, -0.25) is 4.79 Å². The number of unbranched alkanes of at least 4 members (excludes halogenated alkanes) is 2. The van der Waals surface area contributed by atoms with Crippen LogP contribution in [0.25, 0.3) is 0 Å². The first-order valence-corrected chi connectivity index (χ1v) is 11.9. The molecule has 1 saturated heterocycles. The van der Waals surface area contributed by atoms with Crippen molar-refractivity contribution in [1.29, 1.82) is 0 Å². The van der Waals surface area contributed by atoms with E-state index in [4.69, 9.17) is 4.74 Å². The van der Waals surface area contributed by atoms with Crippen LogP contribution in [0.3, 0.4) is 0 Å². The van der Waals surface area contributed by atoms with E-state index in [1.165, 1.54) is 11.8 Å². The summed E-state index contributed by atoms with van der Waals surface area (Å²) in [5.41, 5.74) is 5.56. The Morgan fingerprint density at radius 1 is 1.19 bits per heavy atom. The van der Waals surface area contributed by atoms with Crippen molar-refractivity contribution in [2.45, 2.75) is 44.7 Å². The predicted molar refractivity (Wildman–Crippen MR) is 126 cm³/mol. The molecular formula is C23H31N5O2S. The van der Waals surface area contributed by atoms with E-state index < -0.39 is 0 Å². The van der Waals surface area contributed by atoms with Crippen LogP contribution in [0.4, 0.5) is 5.82 Å². The average molecular weight is 442 g/mol. The van der Waals surface area contributed by atoms with Crippen molar-refractivity contribution in [3.8, 4) is 0 Å². The lowest BCUT2D eigenvalue weighted by molar-refractivity contribution is -0.118. The fraction of sp³-hybridized carbons (Fsp3) is 0.478. The van der Waals surface area contributed by atoms with Crippen LogP contribution in [-0.2, 0) is 9.53 Å². The lowest BCUT2D eigenvalue weighted by atomic mass is 10.0. The summed E-state index contributed by atoms with van der Waals surface area (Å²) in [4.78, 5) is 23.7. The molecule has 2 heterocycles. The van der Waals surface area contributed by atoms with Crippen LogP contribution in [0.1, 0.15) is 43.9 Å². The zero-order chi connectivity index (χ0) is 21.9. The summed E-state index contributed by atoms with van der Waals surface area (Å²) in [6, 6.07) is 12.0. The van der Waals surface area contributed by atoms with Gasteiger partial charge in [0, 0.05) is 24.8 Å². The fourth-order valence-electron chi connectivity index (χ4n) is 3.27. The first-order chi connectivity index (χ1) is 15.2. The molecular weight excluding hydrogens is 410 g/mol. The minimum atomic E-state index is -0.160. The van der Waals surface area contributed by atoms with E-state index in [0.29, 0.717) is 18.4 Å². The number of ether oxygens (including phenoxy) is 1. The molecule has 1 fully saturated rings. The van der Waals surface area contributed by atoms with E-state index in [-0.39, 0.29) is 11.7 Å². The largest absolute Gasteiger partial charge is 0.378 e. The number of nitrogens with one attached hydrogen (secondary N) is 1. The lowest BCUT2D eigenvalue weighted by Crippen LogP contribution is -2.36. The molecule has 8 heteroatoms. The average Bonchev–Trinajstić information content (AvgIpc) is 2.81. The van der Waals surface area contributed by atoms with Gasteiger partial charge in [0.15, 0.2) is 5.16 Å². The van der Waals surface area contributed by atoms with E-state index >= 15 is 0 Å². The first kappa shape index (κ1) is 23.2. The van der Waals surface area contributed by atoms with Crippen LogP contribution < -0.4 is 10.3 Å². The number of aromatic nitrogens is 2. The van der Waals surface area contributed by atoms with Crippen LogP contribution in [0.5, 0.6) is 0 Å². The zero-order valence-corrected chi connectivity index (χ0v) is 19.2. The zero-order valence-electron chi connectivity index (χ0n) is 18.3. The third-order valence-electron chi connectivity index (χ3n) is 4.93. The maximum Gasteiger partial charge on any atom is 0.250 e. The summed E-state index contributed by atoms with van der Waals surface area (Å²) in [5.74, 6) is 0.943. The molecule has 1 aromatic heterocycles. The molecule has 1 aliphatic rings. The number of carbonyl (C=O) groups excluding carboxylic acids is 1. The number of hydrogen-bond donors (Lipinski definition) is 1. The maximum absolute atomic E-state index is 12.4. The molecule has 1 amide bonds. The Bertz CT molecular complexity index is 870. The molecule has 7 nitrogen and oxygen atoms in total. The number of rotatable bonds is 10. The molecule has 0 unspecified atom stereocenters. The van der Waals surface area contributed by atoms with Crippen LogP contribution in [-0.4, -0.2) is 53.6 Å². The number of hydrogen-bond acceptors (Lipinski definition) is 7.